The average molecular weight is 731 g/mol. The molecule has 0 unspecified atom stereocenters. The number of furan rings is 2. The van der Waals surface area contributed by atoms with Gasteiger partial charge in [-0.2, -0.15) is 0 Å². The summed E-state index contributed by atoms with van der Waals surface area (Å²) < 4.78 is 15.4. The first-order chi connectivity index (χ1) is 28.3. The largest absolute Gasteiger partial charge is 0.456 e. The van der Waals surface area contributed by atoms with E-state index in [2.05, 4.69) is 120 Å². The normalized spacial score (nSPS) is 11.9. The number of benzene rings is 8. The molecule has 6 heteroatoms. The van der Waals surface area contributed by atoms with Crippen LogP contribution in [0.1, 0.15) is 0 Å². The maximum Gasteiger partial charge on any atom is 0.166 e. The molecule has 57 heavy (non-hydrogen) atoms. The number of aromatic nitrogens is 4. The fraction of sp³-hybridized carbons (Fsp3) is 0. The summed E-state index contributed by atoms with van der Waals surface area (Å²) in [6.45, 7) is 0. The third kappa shape index (κ3) is 4.81. The van der Waals surface area contributed by atoms with E-state index in [1.807, 2.05) is 66.7 Å². The van der Waals surface area contributed by atoms with Crippen LogP contribution in [0, 0.1) is 0 Å². The van der Waals surface area contributed by atoms with Crippen molar-refractivity contribution in [1.29, 1.82) is 0 Å². The summed E-state index contributed by atoms with van der Waals surface area (Å²) in [5, 5.41) is 6.33. The summed E-state index contributed by atoms with van der Waals surface area (Å²) in [5.41, 5.74) is 11.2. The molecule has 0 aliphatic carbocycles. The Morgan fingerprint density at radius 3 is 1.74 bits per heavy atom. The first-order valence-corrected chi connectivity index (χ1v) is 19.0. The van der Waals surface area contributed by atoms with Crippen LogP contribution in [-0.4, -0.2) is 19.5 Å². The van der Waals surface area contributed by atoms with Crippen LogP contribution in [0.3, 0.4) is 0 Å². The first kappa shape index (κ1) is 31.5. The summed E-state index contributed by atoms with van der Waals surface area (Å²) in [5.74, 6) is 1.75. The Morgan fingerprint density at radius 2 is 0.912 bits per heavy atom. The highest BCUT2D eigenvalue weighted by atomic mass is 16.3. The van der Waals surface area contributed by atoms with Crippen LogP contribution >= 0.6 is 0 Å². The molecule has 0 N–H and O–H groups in total. The molecule has 0 bridgehead atoms. The van der Waals surface area contributed by atoms with Crippen molar-refractivity contribution < 1.29 is 8.83 Å². The average Bonchev–Trinajstić information content (AvgIpc) is 3.97. The molecule has 8 aromatic carbocycles. The summed E-state index contributed by atoms with van der Waals surface area (Å²) in [4.78, 5) is 15.8. The second-order valence-electron chi connectivity index (χ2n) is 14.3. The Kier molecular flexibility index (Phi) is 6.83. The van der Waals surface area contributed by atoms with Crippen molar-refractivity contribution in [1.82, 2.24) is 19.5 Å². The maximum atomic E-state index is 6.75. The van der Waals surface area contributed by atoms with Gasteiger partial charge in [-0.05, 0) is 42.0 Å². The van der Waals surface area contributed by atoms with E-state index in [0.29, 0.717) is 17.5 Å². The Labute approximate surface area is 325 Å². The van der Waals surface area contributed by atoms with Gasteiger partial charge in [0.15, 0.2) is 17.5 Å². The summed E-state index contributed by atoms with van der Waals surface area (Å²) >= 11 is 0. The van der Waals surface area contributed by atoms with E-state index in [-0.39, 0.29) is 0 Å². The van der Waals surface area contributed by atoms with Crippen LogP contribution < -0.4 is 0 Å². The molecule has 0 saturated heterocycles. The molecule has 12 rings (SSSR count). The number of hydrogen-bond acceptors (Lipinski definition) is 5. The fourth-order valence-electron chi connectivity index (χ4n) is 8.60. The molecule has 6 nitrogen and oxygen atoms in total. The zero-order valence-electron chi connectivity index (χ0n) is 30.4. The molecule has 4 aromatic heterocycles. The number of nitrogens with zero attached hydrogens (tertiary/aromatic N) is 4. The van der Waals surface area contributed by atoms with Gasteiger partial charge in [0.1, 0.15) is 22.3 Å². The zero-order valence-corrected chi connectivity index (χ0v) is 30.4. The predicted molar refractivity (Wildman–Crippen MR) is 230 cm³/mol. The standard InChI is InChI=1S/C51H30N4O2/c1-3-15-31(16-4-1)33-21-11-23-37-46-41(27-14-30-44(46)57-48(33)37)55-40-26-9-7-19-34(40)35-22-12-25-39(47(35)55)51-53-49(32-17-5-2-6-18-32)52-50(54-51)38-24-13-29-43-45(38)36-20-8-10-28-42(36)56-43/h1-30H. The van der Waals surface area contributed by atoms with Crippen LogP contribution in [-0.2, 0) is 0 Å². The lowest BCUT2D eigenvalue weighted by Crippen LogP contribution is -2.02. The number of hydrogen-bond donors (Lipinski definition) is 0. The summed E-state index contributed by atoms with van der Waals surface area (Å²) in [6.07, 6.45) is 0. The van der Waals surface area contributed by atoms with Crippen molar-refractivity contribution in [3.63, 3.8) is 0 Å². The number of rotatable bonds is 5. The van der Waals surface area contributed by atoms with E-state index < -0.39 is 0 Å². The van der Waals surface area contributed by atoms with E-state index in [0.717, 1.165) is 99.2 Å². The van der Waals surface area contributed by atoms with Crippen LogP contribution in [0.2, 0.25) is 0 Å². The number of para-hydroxylation sites is 4. The minimum atomic E-state index is 0.576. The van der Waals surface area contributed by atoms with E-state index in [1.54, 1.807) is 0 Å². The Balaban J connectivity index is 1.17. The van der Waals surface area contributed by atoms with Crippen molar-refractivity contribution in [2.24, 2.45) is 0 Å². The van der Waals surface area contributed by atoms with Gasteiger partial charge in [0.2, 0.25) is 0 Å². The predicted octanol–water partition coefficient (Wildman–Crippen LogP) is 13.4. The minimum absolute atomic E-state index is 0.576. The highest BCUT2D eigenvalue weighted by Gasteiger charge is 2.24. The van der Waals surface area contributed by atoms with Crippen LogP contribution in [0.5, 0.6) is 0 Å². The zero-order chi connectivity index (χ0) is 37.5. The van der Waals surface area contributed by atoms with Crippen molar-refractivity contribution in [2.75, 3.05) is 0 Å². The molecule has 4 heterocycles. The second-order valence-corrected chi connectivity index (χ2v) is 14.3. The lowest BCUT2D eigenvalue weighted by atomic mass is 10.0. The molecule has 0 spiro atoms. The highest BCUT2D eigenvalue weighted by Crippen LogP contribution is 2.44. The Hall–Kier alpha value is -7.83. The Morgan fingerprint density at radius 1 is 0.351 bits per heavy atom. The van der Waals surface area contributed by atoms with Gasteiger partial charge in [-0.3, -0.25) is 0 Å². The van der Waals surface area contributed by atoms with Gasteiger partial charge in [-0.15, -0.1) is 0 Å². The molecule has 0 atom stereocenters. The van der Waals surface area contributed by atoms with Gasteiger partial charge in [-0.25, -0.2) is 15.0 Å². The molecular formula is C51H30N4O2. The van der Waals surface area contributed by atoms with Gasteiger partial charge in [0, 0.05) is 49.2 Å². The first-order valence-electron chi connectivity index (χ1n) is 19.0. The van der Waals surface area contributed by atoms with Gasteiger partial charge < -0.3 is 13.4 Å². The highest BCUT2D eigenvalue weighted by molar-refractivity contribution is 6.18. The molecule has 0 aliphatic heterocycles. The van der Waals surface area contributed by atoms with Crippen molar-refractivity contribution in [3.05, 3.63) is 182 Å². The van der Waals surface area contributed by atoms with Crippen molar-refractivity contribution >= 4 is 65.7 Å². The molecule has 266 valence electrons. The quantitative estimate of drug-likeness (QED) is 0.176. The van der Waals surface area contributed by atoms with E-state index in [1.165, 1.54) is 0 Å². The van der Waals surface area contributed by atoms with Gasteiger partial charge in [0.25, 0.3) is 0 Å². The number of fused-ring (bicyclic) bond motifs is 9. The molecular weight excluding hydrogens is 701 g/mol. The van der Waals surface area contributed by atoms with Crippen LogP contribution in [0.4, 0.5) is 0 Å². The van der Waals surface area contributed by atoms with E-state index >= 15 is 0 Å². The lowest BCUT2D eigenvalue weighted by molar-refractivity contribution is 0.669. The maximum absolute atomic E-state index is 6.75. The van der Waals surface area contributed by atoms with Crippen molar-refractivity contribution in [2.45, 2.75) is 0 Å². The molecule has 0 radical (unpaired) electrons. The molecule has 0 fully saturated rings. The van der Waals surface area contributed by atoms with Gasteiger partial charge >= 0.3 is 0 Å². The second kappa shape index (κ2) is 12.3. The Bertz CT molecular complexity index is 3530. The van der Waals surface area contributed by atoms with E-state index in [9.17, 15) is 0 Å². The van der Waals surface area contributed by atoms with Gasteiger partial charge in [0.05, 0.1) is 22.1 Å². The smallest absolute Gasteiger partial charge is 0.166 e. The molecule has 0 aliphatic rings. The monoisotopic (exact) mass is 730 g/mol. The third-order valence-corrected chi connectivity index (χ3v) is 11.1. The summed E-state index contributed by atoms with van der Waals surface area (Å²) in [7, 11) is 0. The molecule has 0 saturated carbocycles. The van der Waals surface area contributed by atoms with Crippen LogP contribution in [0.25, 0.3) is 117 Å². The van der Waals surface area contributed by atoms with Crippen LogP contribution in [0.15, 0.2) is 191 Å². The topological polar surface area (TPSA) is 69.9 Å². The molecule has 12 aromatic rings. The minimum Gasteiger partial charge on any atom is -0.456 e. The third-order valence-electron chi connectivity index (χ3n) is 11.1. The SMILES string of the molecule is c1ccc(-c2nc(-c3cccc4oc5ccccc5c34)nc(-c3cccc4c5ccccc5n(-c5cccc6oc7c(-c8ccccc8)cccc7c56)c34)n2)cc1. The van der Waals surface area contributed by atoms with Crippen molar-refractivity contribution in [3.8, 4) is 51.0 Å². The van der Waals surface area contributed by atoms with Gasteiger partial charge in [-0.1, -0.05) is 146 Å². The lowest BCUT2D eigenvalue weighted by Gasteiger charge is -2.14. The summed E-state index contributed by atoms with van der Waals surface area (Å²) in [6, 6.07) is 62.5. The van der Waals surface area contributed by atoms with E-state index in [4.69, 9.17) is 23.8 Å². The molecule has 0 amide bonds. The fourth-order valence-corrected chi connectivity index (χ4v) is 8.60.